The monoisotopic (exact) mass is 311 g/mol. The Labute approximate surface area is 134 Å². The first-order chi connectivity index (χ1) is 10.7. The number of hydrogen-bond acceptors (Lipinski definition) is 4. The number of thioether (sulfide) groups is 1. The van der Waals surface area contributed by atoms with Crippen LogP contribution in [0.25, 0.3) is 0 Å². The lowest BCUT2D eigenvalue weighted by molar-refractivity contribution is 0.414. The van der Waals surface area contributed by atoms with E-state index in [1.165, 1.54) is 5.56 Å². The van der Waals surface area contributed by atoms with Crippen molar-refractivity contribution in [2.75, 3.05) is 12.9 Å². The van der Waals surface area contributed by atoms with Gasteiger partial charge in [-0.05, 0) is 31.2 Å². The van der Waals surface area contributed by atoms with Crippen LogP contribution >= 0.6 is 11.8 Å². The molecule has 1 N–H and O–H groups in total. The standard InChI is InChI=1S/C17H17N3OS/c1-12-6-8-14(9-7-12)18-17-20-19-16(11-22-17)13-4-3-5-15(10-13)21-2/h3-10H,11H2,1-2H3,(H,18,20). The number of amidine groups is 1. The minimum absolute atomic E-state index is 0.783. The maximum absolute atomic E-state index is 5.25. The van der Waals surface area contributed by atoms with Crippen molar-refractivity contribution in [2.24, 2.45) is 10.1 Å². The lowest BCUT2D eigenvalue weighted by Crippen LogP contribution is -2.25. The third kappa shape index (κ3) is 3.49. The quantitative estimate of drug-likeness (QED) is 0.939. The van der Waals surface area contributed by atoms with Crippen LogP contribution in [-0.4, -0.2) is 23.7 Å². The molecule has 112 valence electrons. The lowest BCUT2D eigenvalue weighted by atomic mass is 10.1. The Balaban J connectivity index is 1.75. The van der Waals surface area contributed by atoms with Gasteiger partial charge in [0.2, 0.25) is 0 Å². The Hall–Kier alpha value is -2.27. The van der Waals surface area contributed by atoms with Crippen molar-refractivity contribution in [3.05, 3.63) is 59.7 Å². The SMILES string of the molecule is COc1cccc(C2=NNC(=Nc3ccc(C)cc3)SC2)c1. The fourth-order valence-electron chi connectivity index (χ4n) is 2.06. The molecule has 3 rings (SSSR count). The van der Waals surface area contributed by atoms with Crippen LogP contribution < -0.4 is 10.2 Å². The number of methoxy groups -OCH3 is 1. The Morgan fingerprint density at radius 2 is 2.00 bits per heavy atom. The zero-order valence-corrected chi connectivity index (χ0v) is 13.4. The fourth-order valence-corrected chi connectivity index (χ4v) is 2.85. The predicted molar refractivity (Wildman–Crippen MR) is 93.4 cm³/mol. The minimum atomic E-state index is 0.783. The van der Waals surface area contributed by atoms with Crippen LogP contribution in [0.5, 0.6) is 5.75 Å². The van der Waals surface area contributed by atoms with Crippen LogP contribution in [0.3, 0.4) is 0 Å². The van der Waals surface area contributed by atoms with Gasteiger partial charge in [-0.25, -0.2) is 4.99 Å². The molecular weight excluding hydrogens is 294 g/mol. The summed E-state index contributed by atoms with van der Waals surface area (Å²) >= 11 is 1.65. The second-order valence-electron chi connectivity index (χ2n) is 4.94. The molecule has 0 radical (unpaired) electrons. The van der Waals surface area contributed by atoms with Gasteiger partial charge in [-0.15, -0.1) is 0 Å². The van der Waals surface area contributed by atoms with Crippen molar-refractivity contribution in [1.29, 1.82) is 0 Å². The zero-order chi connectivity index (χ0) is 15.4. The van der Waals surface area contributed by atoms with Gasteiger partial charge in [-0.3, -0.25) is 5.43 Å². The van der Waals surface area contributed by atoms with Gasteiger partial charge in [-0.1, -0.05) is 41.6 Å². The molecule has 1 aliphatic rings. The van der Waals surface area contributed by atoms with E-state index in [4.69, 9.17) is 4.74 Å². The third-order valence-electron chi connectivity index (χ3n) is 3.30. The molecule has 1 heterocycles. The molecule has 4 nitrogen and oxygen atoms in total. The predicted octanol–water partition coefficient (Wildman–Crippen LogP) is 3.73. The topological polar surface area (TPSA) is 46.0 Å². The van der Waals surface area contributed by atoms with Crippen molar-refractivity contribution in [3.63, 3.8) is 0 Å². The van der Waals surface area contributed by atoms with Crippen LogP contribution in [0.2, 0.25) is 0 Å². The number of benzene rings is 2. The van der Waals surface area contributed by atoms with Gasteiger partial charge in [0.25, 0.3) is 0 Å². The number of hydrazone groups is 1. The van der Waals surface area contributed by atoms with Crippen molar-refractivity contribution >= 4 is 28.3 Å². The van der Waals surface area contributed by atoms with Gasteiger partial charge in [0.05, 0.1) is 18.5 Å². The van der Waals surface area contributed by atoms with Crippen LogP contribution in [0.1, 0.15) is 11.1 Å². The molecule has 1 aliphatic heterocycles. The van der Waals surface area contributed by atoms with E-state index in [9.17, 15) is 0 Å². The average Bonchev–Trinajstić information content (AvgIpc) is 2.58. The molecule has 5 heteroatoms. The number of aliphatic imine (C=N–C) groups is 1. The molecule has 2 aromatic carbocycles. The first-order valence-corrected chi connectivity index (χ1v) is 7.98. The van der Waals surface area contributed by atoms with Crippen molar-refractivity contribution in [3.8, 4) is 5.75 Å². The zero-order valence-electron chi connectivity index (χ0n) is 12.5. The highest BCUT2D eigenvalue weighted by Crippen LogP contribution is 2.20. The first kappa shape index (κ1) is 14.7. The molecule has 0 amide bonds. The van der Waals surface area contributed by atoms with Crippen molar-refractivity contribution in [1.82, 2.24) is 5.43 Å². The first-order valence-electron chi connectivity index (χ1n) is 7.00. The second-order valence-corrected chi connectivity index (χ2v) is 5.91. The number of rotatable bonds is 3. The van der Waals surface area contributed by atoms with E-state index in [-0.39, 0.29) is 0 Å². The van der Waals surface area contributed by atoms with Crippen LogP contribution in [-0.2, 0) is 0 Å². The smallest absolute Gasteiger partial charge is 0.182 e. The molecule has 22 heavy (non-hydrogen) atoms. The molecule has 0 fully saturated rings. The second kappa shape index (κ2) is 6.66. The third-order valence-corrected chi connectivity index (χ3v) is 4.17. The number of ether oxygens (including phenoxy) is 1. The van der Waals surface area contributed by atoms with Gasteiger partial charge >= 0.3 is 0 Å². The fraction of sp³-hybridized carbons (Fsp3) is 0.176. The van der Waals surface area contributed by atoms with E-state index in [1.54, 1.807) is 18.9 Å². The Morgan fingerprint density at radius 1 is 1.18 bits per heavy atom. The van der Waals surface area contributed by atoms with Crippen LogP contribution in [0.4, 0.5) is 5.69 Å². The summed E-state index contributed by atoms with van der Waals surface area (Å²) in [7, 11) is 1.67. The number of aryl methyl sites for hydroxylation is 1. The maximum atomic E-state index is 5.25. The summed E-state index contributed by atoms with van der Waals surface area (Å²) < 4.78 is 5.25. The van der Waals surface area contributed by atoms with E-state index in [2.05, 4.69) is 34.6 Å². The van der Waals surface area contributed by atoms with Gasteiger partial charge in [0, 0.05) is 11.3 Å². The number of nitrogens with zero attached hydrogens (tertiary/aromatic N) is 2. The van der Waals surface area contributed by atoms with Gasteiger partial charge in [0.15, 0.2) is 5.17 Å². The van der Waals surface area contributed by atoms with E-state index >= 15 is 0 Å². The van der Waals surface area contributed by atoms with Crippen LogP contribution in [0.15, 0.2) is 58.6 Å². The molecule has 0 aliphatic carbocycles. The van der Waals surface area contributed by atoms with Crippen molar-refractivity contribution < 1.29 is 4.74 Å². The summed E-state index contributed by atoms with van der Waals surface area (Å²) in [5.41, 5.74) is 7.24. The molecular formula is C17H17N3OS. The molecule has 0 unspecified atom stereocenters. The highest BCUT2D eigenvalue weighted by Gasteiger charge is 2.13. The summed E-state index contributed by atoms with van der Waals surface area (Å²) in [6.07, 6.45) is 0. The highest BCUT2D eigenvalue weighted by molar-refractivity contribution is 8.14. The van der Waals surface area contributed by atoms with E-state index in [1.807, 2.05) is 36.4 Å². The molecule has 0 aromatic heterocycles. The van der Waals surface area contributed by atoms with E-state index < -0.39 is 0 Å². The highest BCUT2D eigenvalue weighted by atomic mass is 32.2. The summed E-state index contributed by atoms with van der Waals surface area (Å²) in [5.74, 6) is 1.62. The minimum Gasteiger partial charge on any atom is -0.497 e. The Kier molecular flexibility index (Phi) is 4.44. The molecule has 0 saturated carbocycles. The van der Waals surface area contributed by atoms with E-state index in [0.717, 1.165) is 33.6 Å². The molecule has 0 spiro atoms. The van der Waals surface area contributed by atoms with Gasteiger partial charge in [-0.2, -0.15) is 5.10 Å². The molecule has 2 aromatic rings. The van der Waals surface area contributed by atoms with Crippen LogP contribution in [0, 0.1) is 6.92 Å². The van der Waals surface area contributed by atoms with Gasteiger partial charge < -0.3 is 4.74 Å². The van der Waals surface area contributed by atoms with E-state index in [0.29, 0.717) is 0 Å². The largest absolute Gasteiger partial charge is 0.497 e. The maximum Gasteiger partial charge on any atom is 0.182 e. The normalized spacial score (nSPS) is 16.1. The molecule has 0 atom stereocenters. The lowest BCUT2D eigenvalue weighted by Gasteiger charge is -2.15. The summed E-state index contributed by atoms with van der Waals surface area (Å²) in [6.45, 7) is 2.06. The molecule has 0 bridgehead atoms. The van der Waals surface area contributed by atoms with Gasteiger partial charge in [0.1, 0.15) is 5.75 Å². The Morgan fingerprint density at radius 3 is 2.68 bits per heavy atom. The number of nitrogens with one attached hydrogen (secondary N) is 1. The summed E-state index contributed by atoms with van der Waals surface area (Å²) in [5, 5.41) is 5.25. The molecule has 0 saturated heterocycles. The van der Waals surface area contributed by atoms with Crippen molar-refractivity contribution in [2.45, 2.75) is 6.92 Å². The average molecular weight is 311 g/mol. The Bertz CT molecular complexity index is 723. The summed E-state index contributed by atoms with van der Waals surface area (Å²) in [6, 6.07) is 16.0. The number of hydrogen-bond donors (Lipinski definition) is 1. The summed E-state index contributed by atoms with van der Waals surface area (Å²) in [4.78, 5) is 4.56.